The average Bonchev–Trinajstić information content (AvgIpc) is 3.77. The second-order valence-corrected chi connectivity index (χ2v) is 12.9. The van der Waals surface area contributed by atoms with Crippen molar-refractivity contribution < 1.29 is 9.59 Å². The van der Waals surface area contributed by atoms with E-state index in [4.69, 9.17) is 9.97 Å². The van der Waals surface area contributed by atoms with Crippen molar-refractivity contribution in [3.63, 3.8) is 0 Å². The van der Waals surface area contributed by atoms with Crippen LogP contribution in [0.25, 0.3) is 22.3 Å². The first-order chi connectivity index (χ1) is 24.1. The first kappa shape index (κ1) is 30.5. The Morgan fingerprint density at radius 2 is 1.49 bits per heavy atom. The maximum atomic E-state index is 13.3. The summed E-state index contributed by atoms with van der Waals surface area (Å²) in [6.45, 7) is 1.06. The number of carbonyl (C=O) groups excluding carboxylic acids is 2. The number of fused-ring (bicyclic) bond motifs is 2. The molecular formula is C40H37N7O2. The molecule has 244 valence electrons. The number of nitrogens with one attached hydrogen (secondary N) is 2. The summed E-state index contributed by atoms with van der Waals surface area (Å²) in [4.78, 5) is 40.3. The molecule has 0 radical (unpaired) electrons. The number of aromatic nitrogens is 5. The Labute approximate surface area is 285 Å². The lowest BCUT2D eigenvalue weighted by Gasteiger charge is -2.33. The lowest BCUT2D eigenvalue weighted by Crippen LogP contribution is -2.28. The monoisotopic (exact) mass is 647 g/mol. The van der Waals surface area contributed by atoms with Crippen molar-refractivity contribution >= 4 is 23.3 Å². The minimum absolute atomic E-state index is 0.130. The van der Waals surface area contributed by atoms with Gasteiger partial charge in [0, 0.05) is 41.8 Å². The van der Waals surface area contributed by atoms with Gasteiger partial charge in [0.1, 0.15) is 23.9 Å². The van der Waals surface area contributed by atoms with Gasteiger partial charge in [-0.2, -0.15) is 0 Å². The Morgan fingerprint density at radius 1 is 0.776 bits per heavy atom. The molecule has 8 rings (SSSR count). The van der Waals surface area contributed by atoms with Crippen LogP contribution in [0.3, 0.4) is 0 Å². The molecule has 0 saturated carbocycles. The molecule has 9 heteroatoms. The minimum Gasteiger partial charge on any atom is -0.334 e. The van der Waals surface area contributed by atoms with Crippen LogP contribution in [0.2, 0.25) is 0 Å². The van der Waals surface area contributed by atoms with E-state index in [-0.39, 0.29) is 24.3 Å². The Bertz CT molecular complexity index is 2080. The standard InChI is InChI=1S/C40H37N7O2/c48-38(45-37-20-16-31(23-41-37)28-10-5-2-6-11-28)25-47-26-42-34-22-30(15-19-36(34)47)33-12-7-21-46-24-35(44-39(33)46)40(49)43-32-17-13-29(14-18-32)27-8-3-1-4-9-27/h1-6,8-11,13-14,16-18,20,23-24,26,30,33H,7,12,15,19,21-22,25H2,(H,43,49)(H,41,45,48). The SMILES string of the molecule is O=C(Cn1cnc2c1CCC(C1CCCn3cc(C(=O)Nc4ccc(-c5ccccc5)cc4)nc31)C2)Nc1ccc(-c2ccccc2)cn1. The summed E-state index contributed by atoms with van der Waals surface area (Å²) in [7, 11) is 0. The number of nitrogens with zero attached hydrogens (tertiary/aromatic N) is 5. The minimum atomic E-state index is -0.196. The van der Waals surface area contributed by atoms with Gasteiger partial charge in [0.05, 0.1) is 12.0 Å². The van der Waals surface area contributed by atoms with Crippen LogP contribution in [-0.2, 0) is 30.7 Å². The number of carbonyl (C=O) groups is 2. The quantitative estimate of drug-likeness (QED) is 0.179. The highest BCUT2D eigenvalue weighted by Gasteiger charge is 2.35. The highest BCUT2D eigenvalue weighted by molar-refractivity contribution is 6.03. The van der Waals surface area contributed by atoms with Gasteiger partial charge in [-0.15, -0.1) is 0 Å². The molecule has 2 aliphatic rings. The lowest BCUT2D eigenvalue weighted by atomic mass is 9.77. The number of hydrogen-bond donors (Lipinski definition) is 2. The van der Waals surface area contributed by atoms with Crippen molar-refractivity contribution in [2.75, 3.05) is 10.6 Å². The van der Waals surface area contributed by atoms with Gasteiger partial charge in [0.25, 0.3) is 5.91 Å². The van der Waals surface area contributed by atoms with Crippen molar-refractivity contribution in [2.45, 2.75) is 51.1 Å². The van der Waals surface area contributed by atoms with Gasteiger partial charge in [0.2, 0.25) is 5.91 Å². The summed E-state index contributed by atoms with van der Waals surface area (Å²) in [5.74, 6) is 1.83. The van der Waals surface area contributed by atoms with Crippen molar-refractivity contribution in [3.8, 4) is 22.3 Å². The molecule has 4 heterocycles. The maximum Gasteiger partial charge on any atom is 0.275 e. The van der Waals surface area contributed by atoms with E-state index in [1.807, 2.05) is 95.7 Å². The van der Waals surface area contributed by atoms with Crippen LogP contribution in [0.4, 0.5) is 11.5 Å². The van der Waals surface area contributed by atoms with E-state index >= 15 is 0 Å². The number of anilines is 2. The summed E-state index contributed by atoms with van der Waals surface area (Å²) < 4.78 is 4.14. The Balaban J connectivity index is 0.896. The first-order valence-electron chi connectivity index (χ1n) is 17.0. The molecule has 49 heavy (non-hydrogen) atoms. The van der Waals surface area contributed by atoms with Crippen molar-refractivity contribution in [2.24, 2.45) is 5.92 Å². The molecule has 0 fully saturated rings. The summed E-state index contributed by atoms with van der Waals surface area (Å²) in [5.41, 5.74) is 7.69. The molecule has 1 aliphatic heterocycles. The summed E-state index contributed by atoms with van der Waals surface area (Å²) >= 11 is 0. The summed E-state index contributed by atoms with van der Waals surface area (Å²) in [6.07, 6.45) is 10.2. The number of pyridine rings is 1. The van der Waals surface area contributed by atoms with Gasteiger partial charge in [-0.05, 0) is 79.0 Å². The zero-order valence-electron chi connectivity index (χ0n) is 27.1. The van der Waals surface area contributed by atoms with E-state index in [0.717, 1.165) is 83.8 Å². The van der Waals surface area contributed by atoms with Crippen molar-refractivity contribution in [1.29, 1.82) is 0 Å². The van der Waals surface area contributed by atoms with E-state index in [1.165, 1.54) is 0 Å². The lowest BCUT2D eigenvalue weighted by molar-refractivity contribution is -0.116. The third-order valence-electron chi connectivity index (χ3n) is 9.80. The van der Waals surface area contributed by atoms with Gasteiger partial charge in [-0.1, -0.05) is 72.8 Å². The molecule has 0 saturated heterocycles. The number of aryl methyl sites for hydroxylation is 1. The third-order valence-corrected chi connectivity index (χ3v) is 9.80. The zero-order chi connectivity index (χ0) is 33.2. The van der Waals surface area contributed by atoms with E-state index in [9.17, 15) is 9.59 Å². The topological polar surface area (TPSA) is 107 Å². The molecule has 1 aliphatic carbocycles. The summed E-state index contributed by atoms with van der Waals surface area (Å²) in [6, 6.07) is 31.9. The van der Waals surface area contributed by atoms with Crippen LogP contribution in [0.15, 0.2) is 116 Å². The predicted octanol–water partition coefficient (Wildman–Crippen LogP) is 7.38. The van der Waals surface area contributed by atoms with Crippen LogP contribution in [0.1, 0.15) is 52.9 Å². The number of hydrogen-bond acceptors (Lipinski definition) is 5. The van der Waals surface area contributed by atoms with Crippen LogP contribution < -0.4 is 10.6 Å². The number of benzene rings is 3. The molecule has 2 N–H and O–H groups in total. The van der Waals surface area contributed by atoms with Crippen molar-refractivity contribution in [3.05, 3.63) is 139 Å². The van der Waals surface area contributed by atoms with E-state index in [2.05, 4.69) is 32.3 Å². The van der Waals surface area contributed by atoms with Gasteiger partial charge in [-0.25, -0.2) is 15.0 Å². The predicted molar refractivity (Wildman–Crippen MR) is 190 cm³/mol. The molecule has 3 aromatic heterocycles. The first-order valence-corrected chi connectivity index (χ1v) is 17.0. The third kappa shape index (κ3) is 6.52. The fraction of sp³-hybridized carbons (Fsp3) is 0.225. The molecule has 2 amide bonds. The van der Waals surface area contributed by atoms with Crippen molar-refractivity contribution in [1.82, 2.24) is 24.1 Å². The molecule has 0 bridgehead atoms. The fourth-order valence-electron chi connectivity index (χ4n) is 7.31. The molecule has 9 nitrogen and oxygen atoms in total. The Hall–Kier alpha value is -5.83. The molecule has 6 aromatic rings. The van der Waals surface area contributed by atoms with Crippen LogP contribution in [0.5, 0.6) is 0 Å². The molecular weight excluding hydrogens is 610 g/mol. The molecule has 3 aromatic carbocycles. The zero-order valence-corrected chi connectivity index (χ0v) is 27.1. The smallest absolute Gasteiger partial charge is 0.275 e. The van der Waals surface area contributed by atoms with E-state index < -0.39 is 0 Å². The largest absolute Gasteiger partial charge is 0.334 e. The molecule has 2 unspecified atom stereocenters. The highest BCUT2D eigenvalue weighted by Crippen LogP contribution is 2.40. The summed E-state index contributed by atoms with van der Waals surface area (Å²) in [5, 5.41) is 5.96. The maximum absolute atomic E-state index is 13.3. The second-order valence-electron chi connectivity index (χ2n) is 12.9. The van der Waals surface area contributed by atoms with Gasteiger partial charge >= 0.3 is 0 Å². The fourth-order valence-corrected chi connectivity index (χ4v) is 7.31. The van der Waals surface area contributed by atoms with E-state index in [1.54, 1.807) is 12.5 Å². The molecule has 0 spiro atoms. The average molecular weight is 648 g/mol. The number of amides is 2. The number of imidazole rings is 2. The van der Waals surface area contributed by atoms with E-state index in [0.29, 0.717) is 17.4 Å². The molecule has 2 atom stereocenters. The van der Waals surface area contributed by atoms with Gasteiger partial charge < -0.3 is 19.8 Å². The Morgan fingerprint density at radius 3 is 2.22 bits per heavy atom. The number of rotatable bonds is 8. The Kier molecular flexibility index (Phi) is 8.31. The second kappa shape index (κ2) is 13.4. The van der Waals surface area contributed by atoms with Crippen LogP contribution >= 0.6 is 0 Å². The van der Waals surface area contributed by atoms with Gasteiger partial charge in [-0.3, -0.25) is 9.59 Å². The van der Waals surface area contributed by atoms with Crippen LogP contribution in [-0.4, -0.2) is 35.9 Å². The normalized spacial score (nSPS) is 16.7. The highest BCUT2D eigenvalue weighted by atomic mass is 16.2. The van der Waals surface area contributed by atoms with Crippen LogP contribution in [0, 0.1) is 5.92 Å². The van der Waals surface area contributed by atoms with Gasteiger partial charge in [0.15, 0.2) is 0 Å².